The third kappa shape index (κ3) is 2.83. The number of rotatable bonds is 4. The molecule has 2 aromatic rings. The fraction of sp³-hybridized carbons (Fsp3) is 0.182. The van der Waals surface area contributed by atoms with Gasteiger partial charge in [0.1, 0.15) is 0 Å². The van der Waals surface area contributed by atoms with E-state index in [0.29, 0.717) is 5.69 Å². The Morgan fingerprint density at radius 2 is 2.17 bits per heavy atom. The lowest BCUT2D eigenvalue weighted by atomic mass is 10.3. The Balaban J connectivity index is 2.22. The zero-order valence-electron chi connectivity index (χ0n) is 9.45. The summed E-state index contributed by atoms with van der Waals surface area (Å²) in [5.41, 5.74) is 5.95. The number of nitrogens with zero attached hydrogens (tertiary/aromatic N) is 2. The van der Waals surface area contributed by atoms with Gasteiger partial charge in [-0.25, -0.2) is 8.42 Å². The molecule has 7 heteroatoms. The van der Waals surface area contributed by atoms with Crippen LogP contribution in [0.5, 0.6) is 0 Å². The van der Waals surface area contributed by atoms with Crippen LogP contribution in [0.3, 0.4) is 0 Å². The first-order valence-electron chi connectivity index (χ1n) is 5.24. The number of halogens is 1. The molecule has 1 heterocycles. The lowest BCUT2D eigenvalue weighted by Crippen LogP contribution is -2.14. The average Bonchev–Trinajstić information content (AvgIpc) is 2.83. The normalized spacial score (nSPS) is 11.6. The van der Waals surface area contributed by atoms with Crippen LogP contribution >= 0.6 is 11.6 Å². The van der Waals surface area contributed by atoms with Crippen LogP contribution in [-0.2, 0) is 16.4 Å². The molecule has 0 amide bonds. The van der Waals surface area contributed by atoms with Crippen molar-refractivity contribution < 1.29 is 8.42 Å². The number of nitrogen functional groups attached to an aromatic ring is 1. The largest absolute Gasteiger partial charge is 0.399 e. The molecule has 2 rings (SSSR count). The standard InChI is InChI=1S/C11H12ClN3O2S/c12-10-3-2-9(13)8-11(10)18(16,17)7-6-15-5-1-4-14-15/h1-5,8H,6-7,13H2. The highest BCUT2D eigenvalue weighted by Gasteiger charge is 2.18. The summed E-state index contributed by atoms with van der Waals surface area (Å²) in [6.07, 6.45) is 3.30. The minimum Gasteiger partial charge on any atom is -0.399 e. The second kappa shape index (κ2) is 4.99. The molecular formula is C11H12ClN3O2S. The third-order valence-corrected chi connectivity index (χ3v) is 4.61. The first-order chi connectivity index (χ1) is 8.49. The van der Waals surface area contributed by atoms with Crippen molar-refractivity contribution in [3.63, 3.8) is 0 Å². The fourth-order valence-electron chi connectivity index (χ4n) is 1.51. The maximum atomic E-state index is 12.1. The Hall–Kier alpha value is -1.53. The average molecular weight is 286 g/mol. The number of anilines is 1. The molecule has 0 saturated carbocycles. The molecule has 0 spiro atoms. The van der Waals surface area contributed by atoms with Gasteiger partial charge in [-0.15, -0.1) is 0 Å². The van der Waals surface area contributed by atoms with Crippen LogP contribution in [0.25, 0.3) is 0 Å². The Kier molecular flexibility index (Phi) is 3.58. The summed E-state index contributed by atoms with van der Waals surface area (Å²) in [4.78, 5) is 0.0660. The highest BCUT2D eigenvalue weighted by molar-refractivity contribution is 7.91. The molecule has 0 saturated heterocycles. The van der Waals surface area contributed by atoms with Gasteiger partial charge >= 0.3 is 0 Å². The highest BCUT2D eigenvalue weighted by Crippen LogP contribution is 2.24. The van der Waals surface area contributed by atoms with E-state index in [1.165, 1.54) is 12.1 Å². The zero-order chi connectivity index (χ0) is 13.2. The van der Waals surface area contributed by atoms with Crippen molar-refractivity contribution in [1.82, 2.24) is 9.78 Å². The molecule has 0 fully saturated rings. The van der Waals surface area contributed by atoms with Crippen molar-refractivity contribution >= 4 is 27.1 Å². The van der Waals surface area contributed by atoms with E-state index in [1.54, 1.807) is 29.2 Å². The van der Waals surface area contributed by atoms with Gasteiger partial charge in [-0.1, -0.05) is 11.6 Å². The Bertz CT molecular complexity index is 638. The summed E-state index contributed by atoms with van der Waals surface area (Å²) in [5.74, 6) is -0.0716. The molecule has 18 heavy (non-hydrogen) atoms. The fourth-order valence-corrected chi connectivity index (χ4v) is 3.31. The molecule has 0 atom stereocenters. The second-order valence-corrected chi connectivity index (χ2v) is 6.26. The molecule has 1 aromatic carbocycles. The number of nitrogens with two attached hydrogens (primary N) is 1. The van der Waals surface area contributed by atoms with E-state index in [-0.39, 0.29) is 22.2 Å². The van der Waals surface area contributed by atoms with Crippen LogP contribution in [0.4, 0.5) is 5.69 Å². The minimum atomic E-state index is -3.46. The van der Waals surface area contributed by atoms with Gasteiger partial charge < -0.3 is 5.73 Å². The zero-order valence-corrected chi connectivity index (χ0v) is 11.0. The molecule has 5 nitrogen and oxygen atoms in total. The maximum Gasteiger partial charge on any atom is 0.181 e. The van der Waals surface area contributed by atoms with Crippen LogP contribution in [-0.4, -0.2) is 24.0 Å². The van der Waals surface area contributed by atoms with Crippen molar-refractivity contribution in [2.75, 3.05) is 11.5 Å². The van der Waals surface area contributed by atoms with Crippen molar-refractivity contribution in [3.8, 4) is 0 Å². The summed E-state index contributed by atoms with van der Waals surface area (Å²) in [5, 5.41) is 4.13. The number of aryl methyl sites for hydroxylation is 1. The van der Waals surface area contributed by atoms with Gasteiger partial charge in [0.25, 0.3) is 0 Å². The van der Waals surface area contributed by atoms with Crippen molar-refractivity contribution in [1.29, 1.82) is 0 Å². The molecule has 0 aliphatic heterocycles. The smallest absolute Gasteiger partial charge is 0.181 e. The molecule has 0 unspecified atom stereocenters. The van der Waals surface area contributed by atoms with Gasteiger partial charge in [-0.05, 0) is 24.3 Å². The van der Waals surface area contributed by atoms with Crippen LogP contribution in [0.15, 0.2) is 41.6 Å². The van der Waals surface area contributed by atoms with Gasteiger partial charge in [0.15, 0.2) is 9.84 Å². The number of sulfone groups is 1. The SMILES string of the molecule is Nc1ccc(Cl)c(S(=O)(=O)CCn2cccn2)c1. The van der Waals surface area contributed by atoms with E-state index < -0.39 is 9.84 Å². The molecule has 0 radical (unpaired) electrons. The first kappa shape index (κ1) is 12.9. The van der Waals surface area contributed by atoms with Gasteiger partial charge in [-0.2, -0.15) is 5.10 Å². The molecular weight excluding hydrogens is 274 g/mol. The van der Waals surface area contributed by atoms with E-state index in [4.69, 9.17) is 17.3 Å². The second-order valence-electron chi connectivity index (χ2n) is 3.78. The van der Waals surface area contributed by atoms with Crippen LogP contribution in [0.1, 0.15) is 0 Å². The van der Waals surface area contributed by atoms with Crippen molar-refractivity contribution in [3.05, 3.63) is 41.7 Å². The highest BCUT2D eigenvalue weighted by atomic mass is 35.5. The summed E-state index contributed by atoms with van der Waals surface area (Å²) >= 11 is 5.88. The number of hydrogen-bond acceptors (Lipinski definition) is 4. The number of benzene rings is 1. The van der Waals surface area contributed by atoms with Crippen LogP contribution in [0.2, 0.25) is 5.02 Å². The summed E-state index contributed by atoms with van der Waals surface area (Å²) in [7, 11) is -3.46. The van der Waals surface area contributed by atoms with Crippen molar-refractivity contribution in [2.24, 2.45) is 0 Å². The van der Waals surface area contributed by atoms with Gasteiger partial charge in [0.2, 0.25) is 0 Å². The molecule has 1 aromatic heterocycles. The van der Waals surface area contributed by atoms with Gasteiger partial charge in [0.05, 0.1) is 22.2 Å². The molecule has 96 valence electrons. The third-order valence-electron chi connectivity index (χ3n) is 2.44. The molecule has 0 aliphatic carbocycles. The molecule has 0 aliphatic rings. The van der Waals surface area contributed by atoms with Crippen molar-refractivity contribution in [2.45, 2.75) is 11.4 Å². The lowest BCUT2D eigenvalue weighted by Gasteiger charge is -2.07. The Morgan fingerprint density at radius 1 is 1.39 bits per heavy atom. The maximum absolute atomic E-state index is 12.1. The topological polar surface area (TPSA) is 78.0 Å². The first-order valence-corrected chi connectivity index (χ1v) is 7.27. The molecule has 2 N–H and O–H groups in total. The van der Waals surface area contributed by atoms with Crippen LogP contribution < -0.4 is 5.73 Å². The Labute approximate surface area is 110 Å². The van der Waals surface area contributed by atoms with E-state index in [1.807, 2.05) is 0 Å². The predicted octanol–water partition coefficient (Wildman–Crippen LogP) is 1.59. The predicted molar refractivity (Wildman–Crippen MR) is 70.1 cm³/mol. The van der Waals surface area contributed by atoms with E-state index in [2.05, 4.69) is 5.10 Å². The van der Waals surface area contributed by atoms with Gasteiger partial charge in [0, 0.05) is 18.1 Å². The number of hydrogen-bond donors (Lipinski definition) is 1. The molecule has 0 bridgehead atoms. The van der Waals surface area contributed by atoms with E-state index >= 15 is 0 Å². The quantitative estimate of drug-likeness (QED) is 0.866. The Morgan fingerprint density at radius 3 is 2.83 bits per heavy atom. The number of aromatic nitrogens is 2. The summed E-state index contributed by atoms with van der Waals surface area (Å²) < 4.78 is 25.8. The lowest BCUT2D eigenvalue weighted by molar-refractivity contribution is 0.581. The monoisotopic (exact) mass is 285 g/mol. The van der Waals surface area contributed by atoms with E-state index in [0.717, 1.165) is 0 Å². The summed E-state index contributed by atoms with van der Waals surface area (Å²) in [6.45, 7) is 0.278. The summed E-state index contributed by atoms with van der Waals surface area (Å²) in [6, 6.07) is 6.16. The van der Waals surface area contributed by atoms with E-state index in [9.17, 15) is 8.42 Å². The van der Waals surface area contributed by atoms with Gasteiger partial charge in [-0.3, -0.25) is 4.68 Å². The minimum absolute atomic E-state index is 0.0660. The van der Waals surface area contributed by atoms with Crippen LogP contribution in [0, 0.1) is 0 Å².